The number of rotatable bonds is 5. The van der Waals surface area contributed by atoms with Crippen LogP contribution in [0.3, 0.4) is 0 Å². The summed E-state index contributed by atoms with van der Waals surface area (Å²) in [5, 5.41) is 7.23. The van der Waals surface area contributed by atoms with Crippen molar-refractivity contribution in [3.8, 4) is 5.69 Å². The highest BCUT2D eigenvalue weighted by molar-refractivity contribution is 5.91. The Hall–Kier alpha value is -2.14. The molecule has 0 unspecified atom stereocenters. The lowest BCUT2D eigenvalue weighted by molar-refractivity contribution is -0.118. The lowest BCUT2D eigenvalue weighted by Gasteiger charge is -2.35. The molecule has 3 N–H and O–H groups in total. The fourth-order valence-corrected chi connectivity index (χ4v) is 3.45. The third kappa shape index (κ3) is 3.79. The topological polar surface area (TPSA) is 72.9 Å². The maximum Gasteiger partial charge on any atom is 0.224 e. The average Bonchev–Trinajstić information content (AvgIpc) is 3.10. The molecule has 1 amide bonds. The summed E-state index contributed by atoms with van der Waals surface area (Å²) in [6.45, 7) is 0.591. The van der Waals surface area contributed by atoms with E-state index in [-0.39, 0.29) is 11.3 Å². The van der Waals surface area contributed by atoms with Crippen molar-refractivity contribution in [2.75, 3.05) is 11.9 Å². The zero-order valence-electron chi connectivity index (χ0n) is 13.4. The molecule has 0 aliphatic heterocycles. The first-order valence-corrected chi connectivity index (χ1v) is 8.31. The quantitative estimate of drug-likeness (QED) is 0.891. The standard InChI is InChI=1S/C18H24N4O/c19-14-18(8-2-1-3-9-18)13-17(23)21-15-6-4-7-16(12-15)22-11-5-10-20-22/h4-7,10-12H,1-3,8-9,13-14,19H2,(H,21,23). The minimum absolute atomic E-state index is 0.0120. The van der Waals surface area contributed by atoms with E-state index in [0.717, 1.165) is 24.2 Å². The molecule has 0 saturated heterocycles. The van der Waals surface area contributed by atoms with Crippen molar-refractivity contribution in [1.29, 1.82) is 0 Å². The van der Waals surface area contributed by atoms with Crippen LogP contribution in [0, 0.1) is 5.41 Å². The Labute approximate surface area is 136 Å². The van der Waals surface area contributed by atoms with Crippen LogP contribution in [0.2, 0.25) is 0 Å². The third-order valence-electron chi connectivity index (χ3n) is 4.78. The van der Waals surface area contributed by atoms with Crippen LogP contribution in [0.5, 0.6) is 0 Å². The van der Waals surface area contributed by atoms with E-state index in [1.807, 2.05) is 36.5 Å². The molecule has 0 bridgehead atoms. The van der Waals surface area contributed by atoms with E-state index in [1.165, 1.54) is 19.3 Å². The molecule has 5 heteroatoms. The number of benzene rings is 1. The van der Waals surface area contributed by atoms with Gasteiger partial charge in [0.05, 0.1) is 5.69 Å². The summed E-state index contributed by atoms with van der Waals surface area (Å²) < 4.78 is 1.78. The van der Waals surface area contributed by atoms with Crippen LogP contribution in [0.4, 0.5) is 5.69 Å². The molecule has 23 heavy (non-hydrogen) atoms. The fourth-order valence-electron chi connectivity index (χ4n) is 3.45. The van der Waals surface area contributed by atoms with E-state index in [2.05, 4.69) is 10.4 Å². The second-order valence-electron chi connectivity index (χ2n) is 6.49. The molecule has 1 aliphatic rings. The van der Waals surface area contributed by atoms with Gasteiger partial charge < -0.3 is 11.1 Å². The number of nitrogens with zero attached hydrogens (tertiary/aromatic N) is 2. The van der Waals surface area contributed by atoms with Crippen LogP contribution < -0.4 is 11.1 Å². The SMILES string of the molecule is NCC1(CC(=O)Nc2cccc(-n3cccn3)c2)CCCCC1. The number of aromatic nitrogens is 2. The van der Waals surface area contributed by atoms with Crippen molar-refractivity contribution in [3.05, 3.63) is 42.7 Å². The van der Waals surface area contributed by atoms with Gasteiger partial charge in [0.25, 0.3) is 0 Å². The maximum absolute atomic E-state index is 12.5. The van der Waals surface area contributed by atoms with Crippen molar-refractivity contribution < 1.29 is 4.79 Å². The van der Waals surface area contributed by atoms with Gasteiger partial charge in [0.1, 0.15) is 0 Å². The predicted octanol–water partition coefficient (Wildman–Crippen LogP) is 3.11. The maximum atomic E-state index is 12.5. The lowest BCUT2D eigenvalue weighted by Crippen LogP contribution is -2.36. The second-order valence-corrected chi connectivity index (χ2v) is 6.49. The van der Waals surface area contributed by atoms with Gasteiger partial charge in [0, 0.05) is 24.5 Å². The summed E-state index contributed by atoms with van der Waals surface area (Å²) in [5.41, 5.74) is 7.69. The third-order valence-corrected chi connectivity index (χ3v) is 4.78. The van der Waals surface area contributed by atoms with Gasteiger partial charge in [-0.25, -0.2) is 4.68 Å². The van der Waals surface area contributed by atoms with Crippen molar-refractivity contribution in [2.24, 2.45) is 11.1 Å². The lowest BCUT2D eigenvalue weighted by atomic mass is 9.71. The molecule has 1 fully saturated rings. The Bertz CT molecular complexity index is 645. The Morgan fingerprint density at radius 1 is 1.26 bits per heavy atom. The van der Waals surface area contributed by atoms with Crippen LogP contribution in [0.25, 0.3) is 5.69 Å². The smallest absolute Gasteiger partial charge is 0.224 e. The van der Waals surface area contributed by atoms with Crippen LogP contribution in [-0.4, -0.2) is 22.2 Å². The Kier molecular flexibility index (Phi) is 4.76. The Morgan fingerprint density at radius 2 is 2.09 bits per heavy atom. The van der Waals surface area contributed by atoms with E-state index in [0.29, 0.717) is 13.0 Å². The van der Waals surface area contributed by atoms with Gasteiger partial charge in [-0.05, 0) is 49.1 Å². The number of amides is 1. The normalized spacial score (nSPS) is 16.9. The van der Waals surface area contributed by atoms with Crippen molar-refractivity contribution in [3.63, 3.8) is 0 Å². The van der Waals surface area contributed by atoms with E-state index >= 15 is 0 Å². The minimum Gasteiger partial charge on any atom is -0.330 e. The largest absolute Gasteiger partial charge is 0.330 e. The molecule has 0 atom stereocenters. The number of anilines is 1. The summed E-state index contributed by atoms with van der Waals surface area (Å²) in [7, 11) is 0. The molecule has 1 aromatic heterocycles. The van der Waals surface area contributed by atoms with Gasteiger partial charge in [-0.15, -0.1) is 0 Å². The van der Waals surface area contributed by atoms with Gasteiger partial charge in [-0.3, -0.25) is 4.79 Å². The highest BCUT2D eigenvalue weighted by atomic mass is 16.1. The van der Waals surface area contributed by atoms with Gasteiger partial charge in [-0.2, -0.15) is 5.10 Å². The monoisotopic (exact) mass is 312 g/mol. The molecular weight excluding hydrogens is 288 g/mol. The summed E-state index contributed by atoms with van der Waals surface area (Å²) in [6, 6.07) is 9.60. The van der Waals surface area contributed by atoms with Gasteiger partial charge in [0.15, 0.2) is 0 Å². The van der Waals surface area contributed by atoms with Crippen molar-refractivity contribution in [2.45, 2.75) is 38.5 Å². The first kappa shape index (κ1) is 15.7. The molecule has 1 saturated carbocycles. The molecule has 0 spiro atoms. The first-order chi connectivity index (χ1) is 11.2. The Morgan fingerprint density at radius 3 is 2.78 bits per heavy atom. The summed E-state index contributed by atoms with van der Waals surface area (Å²) >= 11 is 0. The van der Waals surface area contributed by atoms with Gasteiger partial charge in [0.2, 0.25) is 5.91 Å². The number of hydrogen-bond acceptors (Lipinski definition) is 3. The predicted molar refractivity (Wildman–Crippen MR) is 91.4 cm³/mol. The van der Waals surface area contributed by atoms with E-state index in [4.69, 9.17) is 5.73 Å². The van der Waals surface area contributed by atoms with Crippen LogP contribution in [0.15, 0.2) is 42.7 Å². The van der Waals surface area contributed by atoms with E-state index < -0.39 is 0 Å². The summed E-state index contributed by atoms with van der Waals surface area (Å²) in [6.07, 6.45) is 9.86. The molecule has 3 rings (SSSR count). The number of hydrogen-bond donors (Lipinski definition) is 2. The number of nitrogens with two attached hydrogens (primary N) is 1. The highest BCUT2D eigenvalue weighted by Crippen LogP contribution is 2.38. The molecule has 0 radical (unpaired) electrons. The van der Waals surface area contributed by atoms with Crippen molar-refractivity contribution >= 4 is 11.6 Å². The van der Waals surface area contributed by atoms with Crippen molar-refractivity contribution in [1.82, 2.24) is 9.78 Å². The van der Waals surface area contributed by atoms with Gasteiger partial charge >= 0.3 is 0 Å². The number of carbonyl (C=O) groups is 1. The average molecular weight is 312 g/mol. The summed E-state index contributed by atoms with van der Waals surface area (Å²) in [5.74, 6) is 0.0509. The minimum atomic E-state index is -0.0120. The number of carbonyl (C=O) groups excluding carboxylic acids is 1. The molecule has 122 valence electrons. The van der Waals surface area contributed by atoms with Gasteiger partial charge in [-0.1, -0.05) is 25.3 Å². The number of nitrogens with one attached hydrogen (secondary N) is 1. The second kappa shape index (κ2) is 6.96. The summed E-state index contributed by atoms with van der Waals surface area (Å²) in [4.78, 5) is 12.5. The molecule has 2 aromatic rings. The van der Waals surface area contributed by atoms with Crippen LogP contribution >= 0.6 is 0 Å². The van der Waals surface area contributed by atoms with E-state index in [9.17, 15) is 4.79 Å². The first-order valence-electron chi connectivity index (χ1n) is 8.31. The molecular formula is C18H24N4O. The van der Waals surface area contributed by atoms with Crippen LogP contribution in [-0.2, 0) is 4.79 Å². The molecule has 1 aromatic carbocycles. The Balaban J connectivity index is 1.67. The van der Waals surface area contributed by atoms with Crippen LogP contribution in [0.1, 0.15) is 38.5 Å². The molecule has 5 nitrogen and oxygen atoms in total. The highest BCUT2D eigenvalue weighted by Gasteiger charge is 2.32. The molecule has 1 heterocycles. The fraction of sp³-hybridized carbons (Fsp3) is 0.444. The molecule has 1 aliphatic carbocycles. The zero-order chi connectivity index (χ0) is 16.1. The van der Waals surface area contributed by atoms with E-state index in [1.54, 1.807) is 10.9 Å². The zero-order valence-corrected chi connectivity index (χ0v) is 13.4.